The van der Waals surface area contributed by atoms with Crippen molar-refractivity contribution in [3.8, 4) is 123 Å². The van der Waals surface area contributed by atoms with Gasteiger partial charge in [0, 0.05) is 91.2 Å². The van der Waals surface area contributed by atoms with Crippen molar-refractivity contribution >= 4 is 122 Å². The van der Waals surface area contributed by atoms with Gasteiger partial charge in [-0.2, -0.15) is 0 Å². The second-order valence-electron chi connectivity index (χ2n) is 27.7. The van der Waals surface area contributed by atoms with E-state index in [4.69, 9.17) is 0 Å². The van der Waals surface area contributed by atoms with Crippen molar-refractivity contribution in [2.24, 2.45) is 0 Å². The Morgan fingerprint density at radius 3 is 0.760 bits per heavy atom. The molecule has 0 aliphatic carbocycles. The van der Waals surface area contributed by atoms with Crippen LogP contribution in [0.2, 0.25) is 0 Å². The monoisotopic (exact) mass is 1440 g/mol. The van der Waals surface area contributed by atoms with E-state index in [9.17, 15) is 10.0 Å². The normalized spacial score (nSPS) is 12.2. The molecule has 4 aliphatic heterocycles. The topological polar surface area (TPSA) is 60.2 Å². The third-order valence-corrected chi connectivity index (χ3v) is 23.0. The molecule has 0 spiro atoms. The summed E-state index contributed by atoms with van der Waals surface area (Å²) in [5.74, 6) is 0. The molecule has 4 aromatic heterocycles. The fourth-order valence-electron chi connectivity index (χ4n) is 18.1. The van der Waals surface area contributed by atoms with Crippen molar-refractivity contribution < 1.29 is 10.0 Å². The van der Waals surface area contributed by atoms with Crippen LogP contribution in [0.4, 0.5) is 0 Å². The molecule has 2 N–H and O–H groups in total. The van der Waals surface area contributed by atoms with Crippen molar-refractivity contribution in [2.75, 3.05) is 0 Å². The second kappa shape index (κ2) is 22.7. The summed E-state index contributed by atoms with van der Waals surface area (Å²) < 4.78 is 11.0. The van der Waals surface area contributed by atoms with E-state index in [1.54, 1.807) is 6.07 Å². The number of fused-ring (bicyclic) bond motifs is 32. The summed E-state index contributed by atoms with van der Waals surface area (Å²) in [4.78, 5) is 0. The lowest BCUT2D eigenvalue weighted by molar-refractivity contribution is 0.426. The van der Waals surface area contributed by atoms with Crippen LogP contribution >= 0.6 is 22.6 Å². The molecule has 0 saturated carbocycles. The van der Waals surface area contributed by atoms with E-state index in [-0.39, 0.29) is 0 Å². The number of halogens is 1. The van der Waals surface area contributed by atoms with Gasteiger partial charge in [-0.3, -0.25) is 0 Å². The van der Waals surface area contributed by atoms with Gasteiger partial charge in [0.05, 0.1) is 66.9 Å². The molecule has 16 aromatic carbocycles. The van der Waals surface area contributed by atoms with Gasteiger partial charge in [-0.15, -0.1) is 0 Å². The molecule has 24 rings (SSSR count). The van der Waals surface area contributed by atoms with Crippen LogP contribution in [-0.2, 0) is 0 Å². The maximum atomic E-state index is 9.75. The number of rotatable bonds is 2. The molecule has 0 fully saturated rings. The van der Waals surface area contributed by atoms with Gasteiger partial charge < -0.3 is 28.3 Å². The Morgan fingerprint density at radius 2 is 0.442 bits per heavy atom. The largest absolute Gasteiger partial charge is 0.488 e. The molecule has 0 saturated heterocycles. The van der Waals surface area contributed by atoms with Gasteiger partial charge in [-0.1, -0.05) is 267 Å². The zero-order chi connectivity index (χ0) is 68.6. The minimum atomic E-state index is -1.50. The highest BCUT2D eigenvalue weighted by Gasteiger charge is 2.31. The lowest BCUT2D eigenvalue weighted by atomic mass is 9.78. The summed E-state index contributed by atoms with van der Waals surface area (Å²) >= 11 is 2.41. The third-order valence-electron chi connectivity index (χ3n) is 22.4. The molecule has 20 aromatic rings. The molecule has 484 valence electrons. The smallest absolute Gasteiger partial charge is 0.423 e. The van der Waals surface area contributed by atoms with Gasteiger partial charge in [0.25, 0.3) is 0 Å². The predicted molar refractivity (Wildman–Crippen MR) is 442 cm³/mol. The van der Waals surface area contributed by atoms with Crippen molar-refractivity contribution in [1.29, 1.82) is 0 Å². The molecule has 104 heavy (non-hydrogen) atoms. The maximum Gasteiger partial charge on any atom is 0.488 e. The number of aromatic nitrogens is 4. The highest BCUT2D eigenvalue weighted by molar-refractivity contribution is 14.1. The molecule has 0 amide bonds. The fraction of sp³-hybridized carbons (Fsp3) is 0. The van der Waals surface area contributed by atoms with Gasteiger partial charge >= 0.3 is 7.12 Å². The van der Waals surface area contributed by atoms with Crippen molar-refractivity contribution in [2.45, 2.75) is 0 Å². The van der Waals surface area contributed by atoms with E-state index in [2.05, 4.69) is 356 Å². The summed E-state index contributed by atoms with van der Waals surface area (Å²) in [6.07, 6.45) is 0. The SMILES string of the molecule is Ic1ccc2c(c1)-c1ccccc1-c1cccc3c4ccccc4n-2c13.OB(O)c1ccc2c(c1)-c1ccccc1-c1cccc3c4ccccc4n-2c13.c1ccc2c(c1)-c1cc(-c3ccc4c(c3)-c3ccccc3-c3cccc5c6ccccc6n-4c35)ccc1-n1c3ccccc3c3cccc-2c31. The summed E-state index contributed by atoms with van der Waals surface area (Å²) in [6.45, 7) is 0. The van der Waals surface area contributed by atoms with Gasteiger partial charge in [0.1, 0.15) is 0 Å². The molecular weight excluding hydrogens is 1380 g/mol. The van der Waals surface area contributed by atoms with E-state index in [1.165, 1.54) is 186 Å². The molecule has 0 unspecified atom stereocenters. The van der Waals surface area contributed by atoms with Gasteiger partial charge in [-0.05, 0) is 156 Å². The van der Waals surface area contributed by atoms with Crippen LogP contribution in [0, 0.1) is 3.57 Å². The Balaban J connectivity index is 0.000000107. The molecular formula is C96H58BIN4O2. The van der Waals surface area contributed by atoms with Crippen LogP contribution in [-0.4, -0.2) is 35.4 Å². The average molecular weight is 1440 g/mol. The van der Waals surface area contributed by atoms with Gasteiger partial charge in [-0.25, -0.2) is 0 Å². The first-order valence-electron chi connectivity index (χ1n) is 35.5. The molecule has 8 heterocycles. The Labute approximate surface area is 612 Å². The van der Waals surface area contributed by atoms with E-state index >= 15 is 0 Å². The maximum absolute atomic E-state index is 9.75. The van der Waals surface area contributed by atoms with E-state index < -0.39 is 7.12 Å². The molecule has 0 atom stereocenters. The summed E-state index contributed by atoms with van der Waals surface area (Å²) in [7, 11) is -1.50. The molecule has 4 aliphatic rings. The summed E-state index contributed by atoms with van der Waals surface area (Å²) in [5, 5.41) is 29.7. The summed E-state index contributed by atoms with van der Waals surface area (Å²) in [5.41, 5.74) is 37.4. The minimum Gasteiger partial charge on any atom is -0.423 e. The van der Waals surface area contributed by atoms with E-state index in [0.29, 0.717) is 5.46 Å². The van der Waals surface area contributed by atoms with Crippen LogP contribution in [0.5, 0.6) is 0 Å². The van der Waals surface area contributed by atoms with Crippen molar-refractivity contribution in [1.82, 2.24) is 18.3 Å². The zero-order valence-corrected chi connectivity index (χ0v) is 58.1. The predicted octanol–water partition coefficient (Wildman–Crippen LogP) is 24.0. The van der Waals surface area contributed by atoms with Gasteiger partial charge in [0.2, 0.25) is 0 Å². The standard InChI is InChI=1S/C48H28N2.C24H16BNO2.C24H14IN/c1-3-13-33-31(11-1)37-17-9-19-39-35-15-5-7-21-43(35)49(47(37)39)45-25-23-29(27-41(33)45)30-24-26-46-42(28-30)34-14-4-2-12-32(34)38-18-10-20-40-36-16-6-8-22-44(36)50(46)48(38)40;27-25(28)15-12-13-23-21(14-15)17-7-2-1-6-16(17)19-9-5-10-20-18-8-3-4-11-22(18)26(23)24(19)20;25-15-12-13-23-21(14-15)17-7-2-1-6-16(17)19-9-5-10-20-18-8-3-4-11-22(18)26(23)24(19)20/h1-28H;1-14,27-28H;1-14H. The highest BCUT2D eigenvalue weighted by atomic mass is 127. The summed E-state index contributed by atoms with van der Waals surface area (Å²) in [6, 6.07) is 123. The lowest BCUT2D eigenvalue weighted by Gasteiger charge is -2.17. The van der Waals surface area contributed by atoms with Crippen LogP contribution in [0.1, 0.15) is 0 Å². The first-order chi connectivity index (χ1) is 51.4. The molecule has 6 nitrogen and oxygen atoms in total. The van der Waals surface area contributed by atoms with E-state index in [1.807, 2.05) is 18.2 Å². The first kappa shape index (κ1) is 59.2. The molecule has 0 bridgehead atoms. The number of hydrogen-bond acceptors (Lipinski definition) is 2. The lowest BCUT2D eigenvalue weighted by Crippen LogP contribution is -2.29. The zero-order valence-electron chi connectivity index (χ0n) is 56.0. The Kier molecular flexibility index (Phi) is 12.9. The number of benzene rings is 16. The molecule has 0 radical (unpaired) electrons. The van der Waals surface area contributed by atoms with E-state index in [0.717, 1.165) is 27.9 Å². The van der Waals surface area contributed by atoms with Crippen LogP contribution in [0.25, 0.3) is 210 Å². The highest BCUT2D eigenvalue weighted by Crippen LogP contribution is 2.53. The van der Waals surface area contributed by atoms with Crippen molar-refractivity contribution in [3.05, 3.63) is 343 Å². The van der Waals surface area contributed by atoms with Crippen molar-refractivity contribution in [3.63, 3.8) is 0 Å². The number of para-hydroxylation sites is 8. The third kappa shape index (κ3) is 8.47. The Bertz CT molecular complexity index is 6910. The van der Waals surface area contributed by atoms with Crippen LogP contribution < -0.4 is 5.46 Å². The number of hydrogen-bond donors (Lipinski definition) is 2. The Morgan fingerprint density at radius 1 is 0.202 bits per heavy atom. The van der Waals surface area contributed by atoms with Crippen LogP contribution in [0.15, 0.2) is 340 Å². The molecule has 8 heteroatoms. The van der Waals surface area contributed by atoms with Crippen LogP contribution in [0.3, 0.4) is 0 Å². The average Bonchev–Trinajstić information content (AvgIpc) is 1.59. The Hall–Kier alpha value is -12.6. The van der Waals surface area contributed by atoms with Gasteiger partial charge in [0.15, 0.2) is 0 Å². The minimum absolute atomic E-state index is 0.493. The number of nitrogens with zero attached hydrogens (tertiary/aromatic N) is 4. The second-order valence-corrected chi connectivity index (χ2v) is 28.9. The fourth-order valence-corrected chi connectivity index (χ4v) is 18.5. The first-order valence-corrected chi connectivity index (χ1v) is 36.6. The quantitative estimate of drug-likeness (QED) is 0.134.